The summed E-state index contributed by atoms with van der Waals surface area (Å²) in [5.74, 6) is -1.34. The van der Waals surface area contributed by atoms with Crippen molar-refractivity contribution >= 4 is 5.69 Å². The van der Waals surface area contributed by atoms with Crippen LogP contribution in [0.2, 0.25) is 0 Å². The zero-order valence-corrected chi connectivity index (χ0v) is 11.1. The van der Waals surface area contributed by atoms with Gasteiger partial charge in [0.25, 0.3) is 0 Å². The molecule has 0 amide bonds. The van der Waals surface area contributed by atoms with Crippen LogP contribution in [-0.2, 0) is 6.18 Å². The Balaban J connectivity index is 1.98. The van der Waals surface area contributed by atoms with Crippen LogP contribution in [0.25, 0.3) is 0 Å². The first-order valence-corrected chi connectivity index (χ1v) is 6.67. The second-order valence-corrected chi connectivity index (χ2v) is 5.32. The van der Waals surface area contributed by atoms with E-state index in [0.717, 1.165) is 12.1 Å². The quantitative estimate of drug-likeness (QED) is 0.737. The van der Waals surface area contributed by atoms with E-state index in [9.17, 15) is 26.3 Å². The lowest BCUT2D eigenvalue weighted by Crippen LogP contribution is -2.34. The van der Waals surface area contributed by atoms with Crippen molar-refractivity contribution in [2.75, 3.05) is 5.32 Å². The predicted octanol–water partition coefficient (Wildman–Crippen LogP) is 5.24. The molecule has 1 aliphatic carbocycles. The third-order valence-corrected chi connectivity index (χ3v) is 3.72. The molecule has 0 heterocycles. The Kier molecular flexibility index (Phi) is 4.39. The third-order valence-electron chi connectivity index (χ3n) is 3.72. The molecular weight excluding hydrogens is 296 g/mol. The average Bonchev–Trinajstić information content (AvgIpc) is 2.37. The summed E-state index contributed by atoms with van der Waals surface area (Å²) in [4.78, 5) is 0. The summed E-state index contributed by atoms with van der Waals surface area (Å²) >= 11 is 0. The molecule has 0 spiro atoms. The number of halogens is 6. The minimum Gasteiger partial charge on any atom is -0.382 e. The van der Waals surface area contributed by atoms with Gasteiger partial charge in [-0.1, -0.05) is 6.42 Å². The van der Waals surface area contributed by atoms with Gasteiger partial charge < -0.3 is 5.32 Å². The molecule has 2 rings (SSSR count). The van der Waals surface area contributed by atoms with Gasteiger partial charge in [0.1, 0.15) is 0 Å². The Morgan fingerprint density at radius 1 is 0.905 bits per heavy atom. The number of alkyl halides is 6. The Morgan fingerprint density at radius 2 is 1.52 bits per heavy atom. The average molecular weight is 311 g/mol. The molecule has 1 fully saturated rings. The van der Waals surface area contributed by atoms with Crippen molar-refractivity contribution in [3.8, 4) is 0 Å². The summed E-state index contributed by atoms with van der Waals surface area (Å²) in [5.41, 5.74) is -0.360. The van der Waals surface area contributed by atoms with Gasteiger partial charge in [0, 0.05) is 11.7 Å². The van der Waals surface area contributed by atoms with Crippen LogP contribution in [0.1, 0.15) is 31.2 Å². The molecule has 0 saturated heterocycles. The molecule has 1 aromatic carbocycles. The summed E-state index contributed by atoms with van der Waals surface area (Å²) in [6, 6.07) is 3.99. The van der Waals surface area contributed by atoms with E-state index in [1.807, 2.05) is 0 Å². The van der Waals surface area contributed by atoms with Gasteiger partial charge in [0.05, 0.1) is 11.5 Å². The van der Waals surface area contributed by atoms with Crippen molar-refractivity contribution in [3.63, 3.8) is 0 Å². The summed E-state index contributed by atoms with van der Waals surface area (Å²) in [6.45, 7) is 0. The van der Waals surface area contributed by atoms with Crippen molar-refractivity contribution in [2.24, 2.45) is 5.92 Å². The molecule has 1 aromatic rings. The van der Waals surface area contributed by atoms with E-state index >= 15 is 0 Å². The van der Waals surface area contributed by atoms with E-state index in [1.54, 1.807) is 0 Å². The Labute approximate surface area is 118 Å². The van der Waals surface area contributed by atoms with Gasteiger partial charge in [0.15, 0.2) is 0 Å². The second kappa shape index (κ2) is 5.77. The monoisotopic (exact) mass is 311 g/mol. The van der Waals surface area contributed by atoms with Crippen LogP contribution in [0.3, 0.4) is 0 Å². The molecule has 21 heavy (non-hydrogen) atoms. The largest absolute Gasteiger partial charge is 0.416 e. The molecular formula is C14H15F6N. The molecule has 0 aromatic heterocycles. The normalized spacial score (nSPS) is 23.9. The van der Waals surface area contributed by atoms with Gasteiger partial charge in [-0.25, -0.2) is 0 Å². The van der Waals surface area contributed by atoms with Crippen molar-refractivity contribution in [1.82, 2.24) is 0 Å². The van der Waals surface area contributed by atoms with Crippen LogP contribution < -0.4 is 5.32 Å². The van der Waals surface area contributed by atoms with Gasteiger partial charge in [-0.3, -0.25) is 0 Å². The molecule has 118 valence electrons. The molecule has 2 unspecified atom stereocenters. The molecule has 1 nitrogen and oxygen atoms in total. The summed E-state index contributed by atoms with van der Waals surface area (Å²) in [6.07, 6.45) is -7.49. The molecule has 7 heteroatoms. The number of benzene rings is 1. The number of anilines is 1. The van der Waals surface area contributed by atoms with Crippen LogP contribution in [0.4, 0.5) is 32.0 Å². The highest BCUT2D eigenvalue weighted by Gasteiger charge is 2.42. The topological polar surface area (TPSA) is 12.0 Å². The molecule has 0 bridgehead atoms. The molecule has 1 saturated carbocycles. The summed E-state index contributed by atoms with van der Waals surface area (Å²) < 4.78 is 75.3. The highest BCUT2D eigenvalue weighted by atomic mass is 19.4. The van der Waals surface area contributed by atoms with E-state index in [-0.39, 0.29) is 18.9 Å². The maximum atomic E-state index is 12.7. The predicted molar refractivity (Wildman–Crippen MR) is 66.9 cm³/mol. The fourth-order valence-electron chi connectivity index (χ4n) is 2.61. The van der Waals surface area contributed by atoms with Crippen molar-refractivity contribution in [3.05, 3.63) is 29.8 Å². The van der Waals surface area contributed by atoms with Crippen molar-refractivity contribution in [1.29, 1.82) is 0 Å². The van der Waals surface area contributed by atoms with Crippen molar-refractivity contribution in [2.45, 2.75) is 44.1 Å². The number of nitrogens with one attached hydrogen (secondary N) is 1. The number of hydrogen-bond donors (Lipinski definition) is 1. The first kappa shape index (κ1) is 16.0. The lowest BCUT2D eigenvalue weighted by molar-refractivity contribution is -0.182. The molecule has 2 atom stereocenters. The highest BCUT2D eigenvalue weighted by molar-refractivity contribution is 5.46. The van der Waals surface area contributed by atoms with E-state index in [1.165, 1.54) is 12.1 Å². The maximum Gasteiger partial charge on any atom is 0.416 e. The van der Waals surface area contributed by atoms with E-state index < -0.39 is 23.8 Å². The van der Waals surface area contributed by atoms with Gasteiger partial charge in [0.2, 0.25) is 0 Å². The lowest BCUT2D eigenvalue weighted by Gasteiger charge is -2.31. The van der Waals surface area contributed by atoms with E-state index in [0.29, 0.717) is 18.5 Å². The standard InChI is InChI=1S/C14H15F6N/c15-13(16,17)9-4-6-11(7-5-9)21-12-3-1-2-10(8-12)14(18,19)20/h4-7,10,12,21H,1-3,8H2. The summed E-state index contributed by atoms with van der Waals surface area (Å²) in [7, 11) is 0. The van der Waals surface area contributed by atoms with Crippen molar-refractivity contribution < 1.29 is 26.3 Å². The van der Waals surface area contributed by atoms with Crippen LogP contribution in [0, 0.1) is 5.92 Å². The first-order valence-electron chi connectivity index (χ1n) is 6.67. The Bertz CT molecular complexity index is 462. The van der Waals surface area contributed by atoms with Gasteiger partial charge in [-0.15, -0.1) is 0 Å². The SMILES string of the molecule is FC(F)(F)c1ccc(NC2CCCC(C(F)(F)F)C2)cc1. The van der Waals surface area contributed by atoms with Crippen LogP contribution in [0.15, 0.2) is 24.3 Å². The van der Waals surface area contributed by atoms with E-state index in [2.05, 4.69) is 5.32 Å². The summed E-state index contributed by atoms with van der Waals surface area (Å²) in [5, 5.41) is 2.89. The minimum atomic E-state index is -4.41. The second-order valence-electron chi connectivity index (χ2n) is 5.32. The molecule has 0 aliphatic heterocycles. The van der Waals surface area contributed by atoms with E-state index in [4.69, 9.17) is 0 Å². The van der Waals surface area contributed by atoms with Gasteiger partial charge in [-0.2, -0.15) is 26.3 Å². The van der Waals surface area contributed by atoms with Crippen LogP contribution in [0.5, 0.6) is 0 Å². The van der Waals surface area contributed by atoms with Gasteiger partial charge in [-0.05, 0) is 43.5 Å². The fourth-order valence-corrected chi connectivity index (χ4v) is 2.61. The number of rotatable bonds is 2. The van der Waals surface area contributed by atoms with Crippen LogP contribution in [-0.4, -0.2) is 12.2 Å². The lowest BCUT2D eigenvalue weighted by atomic mass is 9.85. The zero-order valence-electron chi connectivity index (χ0n) is 11.1. The minimum absolute atomic E-state index is 0.0372. The van der Waals surface area contributed by atoms with Crippen LogP contribution >= 0.6 is 0 Å². The number of hydrogen-bond acceptors (Lipinski definition) is 1. The maximum absolute atomic E-state index is 12.7. The molecule has 1 N–H and O–H groups in total. The zero-order chi connectivity index (χ0) is 15.7. The fraction of sp³-hybridized carbons (Fsp3) is 0.571. The molecule has 0 radical (unpaired) electrons. The third kappa shape index (κ3) is 4.28. The van der Waals surface area contributed by atoms with Gasteiger partial charge >= 0.3 is 12.4 Å². The Hall–Kier alpha value is -1.40. The highest BCUT2D eigenvalue weighted by Crippen LogP contribution is 2.38. The smallest absolute Gasteiger partial charge is 0.382 e. The first-order chi connectivity index (χ1) is 9.66. The molecule has 1 aliphatic rings. The Morgan fingerprint density at radius 3 is 2.05 bits per heavy atom.